The third kappa shape index (κ3) is 11.5. The summed E-state index contributed by atoms with van der Waals surface area (Å²) < 4.78 is 0. The molecule has 1 N–H and O–H groups in total. The highest BCUT2D eigenvalue weighted by molar-refractivity contribution is 5.62. The van der Waals surface area contributed by atoms with Crippen LogP contribution in [0.4, 0.5) is 0 Å². The Morgan fingerprint density at radius 3 is 2.12 bits per heavy atom. The van der Waals surface area contributed by atoms with Gasteiger partial charge < -0.3 is 5.11 Å². The monoisotopic (exact) mass is 350 g/mol. The van der Waals surface area contributed by atoms with Crippen molar-refractivity contribution in [2.75, 3.05) is 6.54 Å². The van der Waals surface area contributed by atoms with E-state index in [2.05, 4.69) is 29.0 Å². The average Bonchev–Trinajstić information content (AvgIpc) is 3.07. The molecule has 0 aromatic carbocycles. The number of rotatable bonds is 16. The molecule has 0 saturated carbocycles. The number of unbranched alkanes of at least 4 members (excludes halogenated alkanes) is 11. The molecule has 2 atom stereocenters. The van der Waals surface area contributed by atoms with Crippen molar-refractivity contribution in [1.82, 2.24) is 4.90 Å². The van der Waals surface area contributed by atoms with Crippen LogP contribution in [0, 0.1) is 0 Å². The van der Waals surface area contributed by atoms with Gasteiger partial charge in [0, 0.05) is 12.8 Å². The van der Waals surface area contributed by atoms with E-state index >= 15 is 0 Å². The molecule has 146 valence electrons. The van der Waals surface area contributed by atoms with E-state index in [0.29, 0.717) is 0 Å². The Morgan fingerprint density at radius 2 is 1.52 bits per heavy atom. The van der Waals surface area contributed by atoms with E-state index in [1.54, 1.807) is 0 Å². The van der Waals surface area contributed by atoms with Gasteiger partial charge in [0.1, 0.15) is 12.4 Å². The second-order valence-corrected chi connectivity index (χ2v) is 7.51. The largest absolute Gasteiger partial charge is 0.379 e. The van der Waals surface area contributed by atoms with Gasteiger partial charge in [-0.25, -0.2) is 0 Å². The molecule has 0 aromatic heterocycles. The minimum atomic E-state index is -0.379. The molecule has 0 fully saturated rings. The van der Waals surface area contributed by atoms with Crippen LogP contribution in [0.5, 0.6) is 0 Å². The molecule has 1 rings (SSSR count). The Labute approximate surface area is 156 Å². The molecule has 0 aliphatic carbocycles. The standard InChI is InChI=1S/C22H42N2O/c1-3-4-5-6-7-8-9-10-11-12-13-14-15-16-17-18-22-23-19-20-24(22)21(2)25/h10-11,19,21-22,25H,3-9,12-18,20H2,1-2H3/b11-10+. The molecular weight excluding hydrogens is 308 g/mol. The molecule has 0 spiro atoms. The zero-order valence-electron chi connectivity index (χ0n) is 16.8. The van der Waals surface area contributed by atoms with Gasteiger partial charge in [0.2, 0.25) is 0 Å². The molecule has 0 aromatic rings. The first kappa shape index (κ1) is 22.4. The van der Waals surface area contributed by atoms with Crippen LogP contribution < -0.4 is 0 Å². The van der Waals surface area contributed by atoms with E-state index in [9.17, 15) is 5.11 Å². The number of aliphatic hydroxyl groups is 1. The fourth-order valence-corrected chi connectivity index (χ4v) is 3.51. The molecule has 1 aliphatic heterocycles. The van der Waals surface area contributed by atoms with E-state index in [0.717, 1.165) is 13.0 Å². The van der Waals surface area contributed by atoms with Gasteiger partial charge in [-0.15, -0.1) is 0 Å². The summed E-state index contributed by atoms with van der Waals surface area (Å²) in [4.78, 5) is 6.54. The molecule has 25 heavy (non-hydrogen) atoms. The maximum Gasteiger partial charge on any atom is 0.106 e. The van der Waals surface area contributed by atoms with Crippen molar-refractivity contribution in [2.24, 2.45) is 4.99 Å². The maximum atomic E-state index is 9.69. The van der Waals surface area contributed by atoms with E-state index in [-0.39, 0.29) is 12.4 Å². The van der Waals surface area contributed by atoms with Crippen LogP contribution in [0.25, 0.3) is 0 Å². The summed E-state index contributed by atoms with van der Waals surface area (Å²) in [6.45, 7) is 4.91. The number of aliphatic imine (C=N–C) groups is 1. The van der Waals surface area contributed by atoms with Crippen molar-refractivity contribution in [3.8, 4) is 0 Å². The van der Waals surface area contributed by atoms with Crippen LogP contribution in [0.15, 0.2) is 17.1 Å². The lowest BCUT2D eigenvalue weighted by atomic mass is 10.1. The Morgan fingerprint density at radius 1 is 0.960 bits per heavy atom. The van der Waals surface area contributed by atoms with Crippen LogP contribution >= 0.6 is 0 Å². The Hall–Kier alpha value is -0.670. The van der Waals surface area contributed by atoms with E-state index in [1.165, 1.54) is 83.5 Å². The van der Waals surface area contributed by atoms with Crippen LogP contribution in [-0.2, 0) is 0 Å². The lowest BCUT2D eigenvalue weighted by Crippen LogP contribution is -2.37. The van der Waals surface area contributed by atoms with Crippen molar-refractivity contribution < 1.29 is 5.11 Å². The first-order chi connectivity index (χ1) is 12.3. The minimum Gasteiger partial charge on any atom is -0.379 e. The van der Waals surface area contributed by atoms with Crippen molar-refractivity contribution >= 4 is 6.21 Å². The van der Waals surface area contributed by atoms with Crippen LogP contribution in [0.2, 0.25) is 0 Å². The normalized spacial score (nSPS) is 19.2. The van der Waals surface area contributed by atoms with Crippen molar-refractivity contribution in [2.45, 2.75) is 116 Å². The van der Waals surface area contributed by atoms with E-state index in [1.807, 2.05) is 13.1 Å². The van der Waals surface area contributed by atoms with Crippen LogP contribution in [-0.4, -0.2) is 35.2 Å². The predicted molar refractivity (Wildman–Crippen MR) is 110 cm³/mol. The van der Waals surface area contributed by atoms with Gasteiger partial charge in [0.25, 0.3) is 0 Å². The van der Waals surface area contributed by atoms with Gasteiger partial charge in [0.05, 0.1) is 0 Å². The molecule has 0 amide bonds. The summed E-state index contributed by atoms with van der Waals surface area (Å²) in [5, 5.41) is 9.69. The van der Waals surface area contributed by atoms with Gasteiger partial charge in [-0.3, -0.25) is 9.89 Å². The molecule has 3 heteroatoms. The molecular formula is C22H42N2O. The molecule has 0 radical (unpaired) electrons. The van der Waals surface area contributed by atoms with Gasteiger partial charge in [0.15, 0.2) is 0 Å². The molecule has 0 saturated heterocycles. The Kier molecular flexibility index (Phi) is 13.9. The third-order valence-corrected chi connectivity index (χ3v) is 5.16. The lowest BCUT2D eigenvalue weighted by molar-refractivity contribution is 0.00710. The number of hydrogen-bond acceptors (Lipinski definition) is 3. The summed E-state index contributed by atoms with van der Waals surface area (Å²) in [6, 6.07) is 0. The van der Waals surface area contributed by atoms with Crippen molar-refractivity contribution in [3.63, 3.8) is 0 Å². The molecule has 3 nitrogen and oxygen atoms in total. The summed E-state index contributed by atoms with van der Waals surface area (Å²) in [5.41, 5.74) is 0. The Bertz CT molecular complexity index is 352. The number of nitrogens with zero attached hydrogens (tertiary/aromatic N) is 2. The zero-order valence-corrected chi connectivity index (χ0v) is 16.8. The number of allylic oxidation sites excluding steroid dienone is 2. The zero-order chi connectivity index (χ0) is 18.2. The number of hydrogen-bond donors (Lipinski definition) is 1. The van der Waals surface area contributed by atoms with E-state index in [4.69, 9.17) is 0 Å². The lowest BCUT2D eigenvalue weighted by Gasteiger charge is -2.25. The van der Waals surface area contributed by atoms with Gasteiger partial charge in [-0.2, -0.15) is 0 Å². The predicted octanol–water partition coefficient (Wildman–Crippen LogP) is 6.07. The second-order valence-electron chi connectivity index (χ2n) is 7.51. The van der Waals surface area contributed by atoms with Gasteiger partial charge in [-0.1, -0.05) is 70.4 Å². The molecule has 1 heterocycles. The summed E-state index contributed by atoms with van der Waals surface area (Å²) in [6.07, 6.45) is 25.0. The average molecular weight is 351 g/mol. The van der Waals surface area contributed by atoms with Gasteiger partial charge in [-0.05, 0) is 45.4 Å². The van der Waals surface area contributed by atoms with Gasteiger partial charge >= 0.3 is 0 Å². The highest BCUT2D eigenvalue weighted by atomic mass is 16.3. The fraction of sp³-hybridized carbons (Fsp3) is 0.864. The van der Waals surface area contributed by atoms with Crippen LogP contribution in [0.1, 0.15) is 104 Å². The molecule has 1 aliphatic rings. The first-order valence-corrected chi connectivity index (χ1v) is 10.9. The maximum absolute atomic E-state index is 9.69. The quantitative estimate of drug-likeness (QED) is 0.271. The summed E-state index contributed by atoms with van der Waals surface area (Å²) in [5.74, 6) is 0. The van der Waals surface area contributed by atoms with Crippen molar-refractivity contribution in [3.05, 3.63) is 12.2 Å². The second kappa shape index (κ2) is 15.6. The molecule has 0 bridgehead atoms. The fourth-order valence-electron chi connectivity index (χ4n) is 3.51. The highest BCUT2D eigenvalue weighted by Gasteiger charge is 2.23. The molecule has 2 unspecified atom stereocenters. The first-order valence-electron chi connectivity index (χ1n) is 10.9. The third-order valence-electron chi connectivity index (χ3n) is 5.16. The Balaban J connectivity index is 1.83. The minimum absolute atomic E-state index is 0.213. The van der Waals surface area contributed by atoms with Crippen LogP contribution in [0.3, 0.4) is 0 Å². The smallest absolute Gasteiger partial charge is 0.106 e. The highest BCUT2D eigenvalue weighted by Crippen LogP contribution is 2.17. The summed E-state index contributed by atoms with van der Waals surface area (Å²) >= 11 is 0. The summed E-state index contributed by atoms with van der Waals surface area (Å²) in [7, 11) is 0. The van der Waals surface area contributed by atoms with E-state index < -0.39 is 0 Å². The topological polar surface area (TPSA) is 35.8 Å². The number of aliphatic hydroxyl groups excluding tert-OH is 1. The van der Waals surface area contributed by atoms with Crippen molar-refractivity contribution in [1.29, 1.82) is 0 Å². The SMILES string of the molecule is CCCCCCCC/C=C/CCCCCCCC1N=CCN1C(C)O.